The zero-order chi connectivity index (χ0) is 17.0. The Morgan fingerprint density at radius 3 is 2.38 bits per heavy atom. The molecule has 4 nitrogen and oxygen atoms in total. The molecule has 0 heterocycles. The van der Waals surface area contributed by atoms with Crippen molar-refractivity contribution >= 4 is 11.4 Å². The van der Waals surface area contributed by atoms with Gasteiger partial charge in [-0.15, -0.1) is 5.11 Å². The van der Waals surface area contributed by atoms with Gasteiger partial charge in [-0.2, -0.15) is 5.11 Å². The van der Waals surface area contributed by atoms with E-state index in [1.807, 2.05) is 36.4 Å². The number of rotatable bonds is 10. The number of phenols is 1. The van der Waals surface area contributed by atoms with Crippen LogP contribution in [0.3, 0.4) is 0 Å². The number of unbranched alkanes of at least 4 members (excludes halogenated alkanes) is 5. The van der Waals surface area contributed by atoms with Gasteiger partial charge in [0.05, 0.1) is 12.3 Å². The first kappa shape index (κ1) is 18.0. The Morgan fingerprint density at radius 2 is 1.62 bits per heavy atom. The topological polar surface area (TPSA) is 54.2 Å². The Kier molecular flexibility index (Phi) is 7.81. The molecular formula is C20H26N2O2. The maximum atomic E-state index is 10.0. The predicted octanol–water partition coefficient (Wildman–Crippen LogP) is 6.55. The summed E-state index contributed by atoms with van der Waals surface area (Å²) >= 11 is 0. The highest BCUT2D eigenvalue weighted by Crippen LogP contribution is 2.31. The quantitative estimate of drug-likeness (QED) is 0.397. The van der Waals surface area contributed by atoms with Gasteiger partial charge < -0.3 is 9.84 Å². The Bertz CT molecular complexity index is 627. The van der Waals surface area contributed by atoms with Crippen LogP contribution in [0.25, 0.3) is 0 Å². The van der Waals surface area contributed by atoms with E-state index < -0.39 is 0 Å². The summed E-state index contributed by atoms with van der Waals surface area (Å²) in [7, 11) is 0. The molecule has 2 aromatic carbocycles. The summed E-state index contributed by atoms with van der Waals surface area (Å²) in [5, 5.41) is 18.2. The summed E-state index contributed by atoms with van der Waals surface area (Å²) in [6, 6.07) is 14.6. The van der Waals surface area contributed by atoms with E-state index in [4.69, 9.17) is 4.74 Å². The first-order chi connectivity index (χ1) is 11.8. The monoisotopic (exact) mass is 326 g/mol. The minimum Gasteiger partial charge on any atom is -0.505 e. The first-order valence-electron chi connectivity index (χ1n) is 8.72. The van der Waals surface area contributed by atoms with Gasteiger partial charge in [-0.1, -0.05) is 57.2 Å². The molecule has 2 aromatic rings. The lowest BCUT2D eigenvalue weighted by molar-refractivity contribution is 0.303. The van der Waals surface area contributed by atoms with Crippen LogP contribution in [0.15, 0.2) is 58.8 Å². The normalized spacial score (nSPS) is 11.0. The minimum atomic E-state index is 0.0788. The summed E-state index contributed by atoms with van der Waals surface area (Å²) < 4.78 is 5.68. The van der Waals surface area contributed by atoms with Crippen LogP contribution in [0.1, 0.15) is 45.4 Å². The smallest absolute Gasteiger partial charge is 0.146 e. The zero-order valence-electron chi connectivity index (χ0n) is 14.3. The summed E-state index contributed by atoms with van der Waals surface area (Å²) in [4.78, 5) is 0. The van der Waals surface area contributed by atoms with Crippen LogP contribution in [0.4, 0.5) is 11.4 Å². The summed E-state index contributed by atoms with van der Waals surface area (Å²) in [5.41, 5.74) is 1.19. The van der Waals surface area contributed by atoms with Gasteiger partial charge in [0.15, 0.2) is 0 Å². The fourth-order valence-electron chi connectivity index (χ4n) is 2.36. The molecule has 0 radical (unpaired) electrons. The molecule has 0 bridgehead atoms. The molecule has 0 aliphatic carbocycles. The van der Waals surface area contributed by atoms with Crippen LogP contribution in [0, 0.1) is 0 Å². The molecule has 0 amide bonds. The third-order valence-corrected chi connectivity index (χ3v) is 3.74. The van der Waals surface area contributed by atoms with Crippen LogP contribution in [0.2, 0.25) is 0 Å². The maximum absolute atomic E-state index is 10.0. The van der Waals surface area contributed by atoms with Crippen LogP contribution in [-0.2, 0) is 0 Å². The van der Waals surface area contributed by atoms with E-state index in [2.05, 4.69) is 17.2 Å². The third-order valence-electron chi connectivity index (χ3n) is 3.74. The van der Waals surface area contributed by atoms with Crippen molar-refractivity contribution in [1.29, 1.82) is 0 Å². The molecule has 1 N–H and O–H groups in total. The van der Waals surface area contributed by atoms with Gasteiger partial charge >= 0.3 is 0 Å². The molecule has 0 aliphatic heterocycles. The van der Waals surface area contributed by atoms with Crippen molar-refractivity contribution in [1.82, 2.24) is 0 Å². The number of azo groups is 1. The Morgan fingerprint density at radius 1 is 0.875 bits per heavy atom. The highest BCUT2D eigenvalue weighted by molar-refractivity contribution is 5.54. The van der Waals surface area contributed by atoms with E-state index in [1.165, 1.54) is 32.1 Å². The Hall–Kier alpha value is -2.36. The van der Waals surface area contributed by atoms with Crippen LogP contribution < -0.4 is 4.74 Å². The number of hydrogen-bond acceptors (Lipinski definition) is 4. The summed E-state index contributed by atoms with van der Waals surface area (Å²) in [6.07, 6.45) is 7.38. The second-order valence-corrected chi connectivity index (χ2v) is 5.80. The molecule has 0 saturated carbocycles. The van der Waals surface area contributed by atoms with Gasteiger partial charge in [0.1, 0.15) is 17.2 Å². The highest BCUT2D eigenvalue weighted by Gasteiger charge is 2.03. The summed E-state index contributed by atoms with van der Waals surface area (Å²) in [5.74, 6) is 0.745. The third kappa shape index (κ3) is 6.41. The van der Waals surface area contributed by atoms with E-state index in [0.29, 0.717) is 18.0 Å². The lowest BCUT2D eigenvalue weighted by Gasteiger charge is -2.07. The van der Waals surface area contributed by atoms with Crippen LogP contribution in [0.5, 0.6) is 11.5 Å². The second-order valence-electron chi connectivity index (χ2n) is 5.80. The zero-order valence-corrected chi connectivity index (χ0v) is 14.3. The van der Waals surface area contributed by atoms with E-state index in [1.54, 1.807) is 12.1 Å². The molecule has 24 heavy (non-hydrogen) atoms. The van der Waals surface area contributed by atoms with Crippen molar-refractivity contribution in [2.24, 2.45) is 10.2 Å². The molecule has 0 spiro atoms. The number of aromatic hydroxyl groups is 1. The number of nitrogens with zero attached hydrogens (tertiary/aromatic N) is 2. The van der Waals surface area contributed by atoms with Crippen molar-refractivity contribution in [2.75, 3.05) is 6.61 Å². The lowest BCUT2D eigenvalue weighted by atomic mass is 10.1. The maximum Gasteiger partial charge on any atom is 0.146 e. The van der Waals surface area contributed by atoms with E-state index >= 15 is 0 Å². The van der Waals surface area contributed by atoms with E-state index in [9.17, 15) is 5.11 Å². The fourth-order valence-corrected chi connectivity index (χ4v) is 2.36. The van der Waals surface area contributed by atoms with Gasteiger partial charge in [-0.05, 0) is 30.7 Å². The first-order valence-corrected chi connectivity index (χ1v) is 8.72. The largest absolute Gasteiger partial charge is 0.505 e. The highest BCUT2D eigenvalue weighted by atomic mass is 16.5. The number of phenolic OH excluding ortho intramolecular Hbond substituents is 1. The SMILES string of the molecule is CCCCCCCCOc1ccc(N=Nc2ccccc2)c(O)c1. The van der Waals surface area contributed by atoms with E-state index in [0.717, 1.165) is 12.1 Å². The molecule has 128 valence electrons. The number of benzene rings is 2. The second kappa shape index (κ2) is 10.4. The molecule has 4 heteroatoms. The van der Waals surface area contributed by atoms with Gasteiger partial charge in [0, 0.05) is 6.07 Å². The summed E-state index contributed by atoms with van der Waals surface area (Å²) in [6.45, 7) is 2.90. The van der Waals surface area contributed by atoms with Gasteiger partial charge in [0.25, 0.3) is 0 Å². The molecule has 0 unspecified atom stereocenters. The van der Waals surface area contributed by atoms with Crippen molar-refractivity contribution in [3.05, 3.63) is 48.5 Å². The van der Waals surface area contributed by atoms with Crippen molar-refractivity contribution in [3.8, 4) is 11.5 Å². The van der Waals surface area contributed by atoms with Gasteiger partial charge in [-0.25, -0.2) is 0 Å². The van der Waals surface area contributed by atoms with E-state index in [-0.39, 0.29) is 5.75 Å². The lowest BCUT2D eigenvalue weighted by Crippen LogP contribution is -1.97. The molecular weight excluding hydrogens is 300 g/mol. The van der Waals surface area contributed by atoms with Gasteiger partial charge in [0.2, 0.25) is 0 Å². The van der Waals surface area contributed by atoms with Crippen molar-refractivity contribution < 1.29 is 9.84 Å². The Balaban J connectivity index is 1.78. The minimum absolute atomic E-state index is 0.0788. The average molecular weight is 326 g/mol. The van der Waals surface area contributed by atoms with Crippen LogP contribution >= 0.6 is 0 Å². The number of ether oxygens (including phenoxy) is 1. The Labute approximate surface area is 144 Å². The fraction of sp³-hybridized carbons (Fsp3) is 0.400. The van der Waals surface area contributed by atoms with Crippen molar-refractivity contribution in [3.63, 3.8) is 0 Å². The molecule has 0 fully saturated rings. The molecule has 0 saturated heterocycles. The molecule has 0 atom stereocenters. The van der Waals surface area contributed by atoms with Gasteiger partial charge in [-0.3, -0.25) is 0 Å². The molecule has 0 aromatic heterocycles. The predicted molar refractivity (Wildman–Crippen MR) is 97.6 cm³/mol. The van der Waals surface area contributed by atoms with Crippen molar-refractivity contribution in [2.45, 2.75) is 45.4 Å². The van der Waals surface area contributed by atoms with Crippen LogP contribution in [-0.4, -0.2) is 11.7 Å². The molecule has 2 rings (SSSR count). The number of hydrogen-bond donors (Lipinski definition) is 1. The molecule has 0 aliphatic rings. The average Bonchev–Trinajstić information content (AvgIpc) is 2.61. The standard InChI is InChI=1S/C20H26N2O2/c1-2-3-4-5-6-10-15-24-18-13-14-19(20(23)16-18)22-21-17-11-8-7-9-12-17/h7-9,11-14,16,23H,2-6,10,15H2,1H3.